The molecule has 0 saturated heterocycles. The highest BCUT2D eigenvalue weighted by atomic mass is 32.2. The van der Waals surface area contributed by atoms with Crippen molar-refractivity contribution in [3.05, 3.63) is 59.7 Å². The summed E-state index contributed by atoms with van der Waals surface area (Å²) in [5.41, 5.74) is 1.72. The van der Waals surface area contributed by atoms with Crippen LogP contribution in [0.3, 0.4) is 0 Å². The van der Waals surface area contributed by atoms with Crippen molar-refractivity contribution in [1.82, 2.24) is 0 Å². The number of carboxylic acids is 1. The van der Waals surface area contributed by atoms with Crippen molar-refractivity contribution >= 4 is 16.1 Å². The van der Waals surface area contributed by atoms with Gasteiger partial charge in [-0.1, -0.05) is 24.3 Å². The molecule has 0 aliphatic heterocycles. The zero-order valence-electron chi connectivity index (χ0n) is 15.1. The SMILES string of the molecule is COC(Cc1ccc(OCCc2cccc(OS(C)(=O)=O)c2)cc1)C(=O)O. The lowest BCUT2D eigenvalue weighted by Gasteiger charge is -2.11. The van der Waals surface area contributed by atoms with Gasteiger partial charge < -0.3 is 18.8 Å². The molecule has 0 spiro atoms. The molecule has 2 rings (SSSR count). The van der Waals surface area contributed by atoms with Gasteiger partial charge in [0.05, 0.1) is 12.9 Å². The van der Waals surface area contributed by atoms with Gasteiger partial charge in [0.2, 0.25) is 0 Å². The third-order valence-corrected chi connectivity index (χ3v) is 4.21. The van der Waals surface area contributed by atoms with Crippen LogP contribution in [-0.2, 0) is 32.5 Å². The molecule has 0 aliphatic rings. The van der Waals surface area contributed by atoms with Crippen LogP contribution in [0.1, 0.15) is 11.1 Å². The molecule has 0 heterocycles. The second-order valence-electron chi connectivity index (χ2n) is 5.94. The van der Waals surface area contributed by atoms with E-state index in [0.717, 1.165) is 17.4 Å². The normalized spacial score (nSPS) is 12.4. The maximum Gasteiger partial charge on any atom is 0.333 e. The third kappa shape index (κ3) is 7.28. The molecule has 0 aromatic heterocycles. The number of methoxy groups -OCH3 is 1. The Hall–Kier alpha value is -2.58. The van der Waals surface area contributed by atoms with Crippen LogP contribution < -0.4 is 8.92 Å². The highest BCUT2D eigenvalue weighted by molar-refractivity contribution is 7.86. The molecule has 0 aliphatic carbocycles. The largest absolute Gasteiger partial charge is 0.493 e. The van der Waals surface area contributed by atoms with E-state index in [2.05, 4.69) is 0 Å². The molecule has 1 N–H and O–H groups in total. The summed E-state index contributed by atoms with van der Waals surface area (Å²) in [4.78, 5) is 11.0. The predicted octanol–water partition coefficient (Wildman–Crippen LogP) is 2.29. The fourth-order valence-electron chi connectivity index (χ4n) is 2.42. The van der Waals surface area contributed by atoms with E-state index in [0.29, 0.717) is 18.8 Å². The van der Waals surface area contributed by atoms with E-state index >= 15 is 0 Å². The van der Waals surface area contributed by atoms with Gasteiger partial charge in [0.25, 0.3) is 0 Å². The number of aliphatic carboxylic acids is 1. The Balaban J connectivity index is 1.87. The molecule has 27 heavy (non-hydrogen) atoms. The van der Waals surface area contributed by atoms with Crippen molar-refractivity contribution in [2.24, 2.45) is 0 Å². The molecule has 0 saturated carbocycles. The molecule has 2 aromatic carbocycles. The van der Waals surface area contributed by atoms with Crippen molar-refractivity contribution in [3.8, 4) is 11.5 Å². The Bertz CT molecular complexity index is 860. The number of benzene rings is 2. The van der Waals surface area contributed by atoms with E-state index in [9.17, 15) is 13.2 Å². The molecule has 7 nitrogen and oxygen atoms in total. The summed E-state index contributed by atoms with van der Waals surface area (Å²) in [6, 6.07) is 14.0. The topological polar surface area (TPSA) is 99.1 Å². The van der Waals surface area contributed by atoms with Crippen LogP contribution in [0.2, 0.25) is 0 Å². The predicted molar refractivity (Wildman–Crippen MR) is 99.7 cm³/mol. The zero-order valence-corrected chi connectivity index (χ0v) is 15.9. The van der Waals surface area contributed by atoms with Crippen LogP contribution in [0.15, 0.2) is 48.5 Å². The molecule has 8 heteroatoms. The monoisotopic (exact) mass is 394 g/mol. The summed E-state index contributed by atoms with van der Waals surface area (Å²) in [6.45, 7) is 0.400. The number of ether oxygens (including phenoxy) is 2. The van der Waals surface area contributed by atoms with Crippen LogP contribution >= 0.6 is 0 Å². The van der Waals surface area contributed by atoms with Gasteiger partial charge in [0.15, 0.2) is 6.10 Å². The van der Waals surface area contributed by atoms with Gasteiger partial charge in [0, 0.05) is 20.0 Å². The Kier molecular flexibility index (Phi) is 7.20. The maximum absolute atomic E-state index is 11.2. The smallest absolute Gasteiger partial charge is 0.333 e. The Labute approximate surface area is 158 Å². The van der Waals surface area contributed by atoms with Crippen molar-refractivity contribution in [2.45, 2.75) is 18.9 Å². The fourth-order valence-corrected chi connectivity index (χ4v) is 2.87. The maximum atomic E-state index is 11.2. The minimum atomic E-state index is -3.55. The summed E-state index contributed by atoms with van der Waals surface area (Å²) in [5, 5.41) is 9.00. The summed E-state index contributed by atoms with van der Waals surface area (Å²) < 4.78 is 37.8. The Morgan fingerprint density at radius 1 is 1.07 bits per heavy atom. The first-order valence-corrected chi connectivity index (χ1v) is 10.0. The van der Waals surface area contributed by atoms with Gasteiger partial charge in [0.1, 0.15) is 11.5 Å². The van der Waals surface area contributed by atoms with Crippen molar-refractivity contribution in [2.75, 3.05) is 20.0 Å². The molecular formula is C19H22O7S. The summed E-state index contributed by atoms with van der Waals surface area (Å²) in [7, 11) is -2.19. The number of hydrogen-bond acceptors (Lipinski definition) is 6. The lowest BCUT2D eigenvalue weighted by molar-refractivity contribution is -0.148. The molecule has 0 fully saturated rings. The van der Waals surface area contributed by atoms with E-state index in [1.165, 1.54) is 7.11 Å². The van der Waals surface area contributed by atoms with E-state index in [1.807, 2.05) is 6.07 Å². The second-order valence-corrected chi connectivity index (χ2v) is 7.52. The lowest BCUT2D eigenvalue weighted by Crippen LogP contribution is -2.24. The number of carbonyl (C=O) groups is 1. The van der Waals surface area contributed by atoms with Crippen LogP contribution in [0.25, 0.3) is 0 Å². The Morgan fingerprint density at radius 2 is 1.78 bits per heavy atom. The third-order valence-electron chi connectivity index (χ3n) is 3.71. The molecule has 0 radical (unpaired) electrons. The van der Waals surface area contributed by atoms with E-state index in [1.54, 1.807) is 42.5 Å². The van der Waals surface area contributed by atoms with Gasteiger partial charge in [-0.3, -0.25) is 0 Å². The van der Waals surface area contributed by atoms with Crippen molar-refractivity contribution < 1.29 is 32.0 Å². The molecule has 1 unspecified atom stereocenters. The van der Waals surface area contributed by atoms with Gasteiger partial charge in [-0.05, 0) is 35.4 Å². The van der Waals surface area contributed by atoms with E-state index in [-0.39, 0.29) is 12.2 Å². The first-order chi connectivity index (χ1) is 12.8. The first kappa shape index (κ1) is 20.7. The average Bonchev–Trinajstić information content (AvgIpc) is 2.59. The first-order valence-electron chi connectivity index (χ1n) is 8.22. The quantitative estimate of drug-likeness (QED) is 0.617. The van der Waals surface area contributed by atoms with Crippen LogP contribution in [0, 0.1) is 0 Å². The molecule has 1 atom stereocenters. The van der Waals surface area contributed by atoms with E-state index in [4.69, 9.17) is 18.8 Å². The van der Waals surface area contributed by atoms with Crippen molar-refractivity contribution in [1.29, 1.82) is 0 Å². The van der Waals surface area contributed by atoms with Gasteiger partial charge >= 0.3 is 16.1 Å². The fraction of sp³-hybridized carbons (Fsp3) is 0.316. The molecule has 2 aromatic rings. The van der Waals surface area contributed by atoms with Gasteiger partial charge in [-0.15, -0.1) is 0 Å². The van der Waals surface area contributed by atoms with Gasteiger partial charge in [-0.25, -0.2) is 4.79 Å². The van der Waals surface area contributed by atoms with Crippen LogP contribution in [0.4, 0.5) is 0 Å². The minimum Gasteiger partial charge on any atom is -0.493 e. The highest BCUT2D eigenvalue weighted by Crippen LogP contribution is 2.17. The number of rotatable bonds is 10. The second kappa shape index (κ2) is 9.38. The Morgan fingerprint density at radius 3 is 2.37 bits per heavy atom. The minimum absolute atomic E-state index is 0.269. The van der Waals surface area contributed by atoms with Crippen LogP contribution in [-0.4, -0.2) is 45.6 Å². The standard InChI is InChI=1S/C19H22O7S/c1-24-18(19(20)21)13-15-6-8-16(9-7-15)25-11-10-14-4-3-5-17(12-14)26-27(2,22)23/h3-9,12,18H,10-11,13H2,1-2H3,(H,20,21). The average molecular weight is 394 g/mol. The molecule has 0 amide bonds. The van der Waals surface area contributed by atoms with E-state index < -0.39 is 22.2 Å². The summed E-state index contributed by atoms with van der Waals surface area (Å²) >= 11 is 0. The van der Waals surface area contributed by atoms with Crippen molar-refractivity contribution in [3.63, 3.8) is 0 Å². The molecular weight excluding hydrogens is 372 g/mol. The lowest BCUT2D eigenvalue weighted by atomic mass is 10.1. The molecule has 146 valence electrons. The molecule has 0 bridgehead atoms. The number of carboxylic acid groups (broad SMARTS) is 1. The highest BCUT2D eigenvalue weighted by Gasteiger charge is 2.16. The zero-order chi connectivity index (χ0) is 19.9. The number of hydrogen-bond donors (Lipinski definition) is 1. The van der Waals surface area contributed by atoms with Crippen LogP contribution in [0.5, 0.6) is 11.5 Å². The summed E-state index contributed by atoms with van der Waals surface area (Å²) in [5.74, 6) is -0.0722. The van der Waals surface area contributed by atoms with Gasteiger partial charge in [-0.2, -0.15) is 8.42 Å². The summed E-state index contributed by atoms with van der Waals surface area (Å²) in [6.07, 6.45) is 0.975.